The number of aromatic hydroxyl groups is 1. The van der Waals surface area contributed by atoms with Crippen LogP contribution in [-0.4, -0.2) is 10.1 Å². The summed E-state index contributed by atoms with van der Waals surface area (Å²) in [6.45, 7) is 2.17. The van der Waals surface area contributed by atoms with Crippen molar-refractivity contribution in [2.75, 3.05) is 5.73 Å². The lowest BCUT2D eigenvalue weighted by molar-refractivity contribution is 0.476. The van der Waals surface area contributed by atoms with Crippen LogP contribution in [0.5, 0.6) is 5.75 Å². The molecular weight excluding hydrogens is 328 g/mol. The molecule has 0 spiro atoms. The lowest BCUT2D eigenvalue weighted by atomic mass is 9.98. The van der Waals surface area contributed by atoms with Crippen molar-refractivity contribution in [3.63, 3.8) is 0 Å². The molecule has 0 bridgehead atoms. The number of hydrogen-bond acceptors (Lipinski definition) is 4. The Hall–Kier alpha value is -2.85. The number of nitrogen functional groups attached to an aromatic ring is 1. The summed E-state index contributed by atoms with van der Waals surface area (Å²) < 4.78 is 0. The number of fused-ring (bicyclic) bond motifs is 1. The normalized spacial score (nSPS) is 12.4. The molecule has 4 heteroatoms. The van der Waals surface area contributed by atoms with Gasteiger partial charge >= 0.3 is 0 Å². The van der Waals surface area contributed by atoms with Gasteiger partial charge in [0.2, 0.25) is 0 Å². The van der Waals surface area contributed by atoms with Crippen molar-refractivity contribution < 1.29 is 5.11 Å². The fourth-order valence-corrected chi connectivity index (χ4v) is 3.85. The highest BCUT2D eigenvalue weighted by molar-refractivity contribution is 7.10. The van der Waals surface area contributed by atoms with Gasteiger partial charge in [-0.2, -0.15) is 0 Å². The maximum atomic E-state index is 9.60. The summed E-state index contributed by atoms with van der Waals surface area (Å²) in [5.41, 5.74) is 9.80. The number of hydrogen-bond donors (Lipinski definition) is 2. The molecular formula is C21H18N2OS. The number of benzene rings is 3. The van der Waals surface area contributed by atoms with E-state index in [-0.39, 0.29) is 5.92 Å². The lowest BCUT2D eigenvalue weighted by Crippen LogP contribution is -1.95. The van der Waals surface area contributed by atoms with Gasteiger partial charge in [0.15, 0.2) is 0 Å². The van der Waals surface area contributed by atoms with Crippen LogP contribution in [0.2, 0.25) is 0 Å². The number of phenolic OH excluding ortho intramolecular Hbond substituents is 1. The average Bonchev–Trinajstić information content (AvgIpc) is 3.11. The van der Waals surface area contributed by atoms with E-state index < -0.39 is 0 Å². The molecule has 0 amide bonds. The molecule has 4 aromatic rings. The van der Waals surface area contributed by atoms with E-state index in [9.17, 15) is 5.11 Å². The van der Waals surface area contributed by atoms with Crippen molar-refractivity contribution in [1.29, 1.82) is 0 Å². The second-order valence-corrected chi connectivity index (χ2v) is 7.10. The van der Waals surface area contributed by atoms with Crippen molar-refractivity contribution in [2.45, 2.75) is 12.8 Å². The summed E-state index contributed by atoms with van der Waals surface area (Å²) in [4.78, 5) is 4.82. The zero-order valence-electron chi connectivity index (χ0n) is 13.8. The molecule has 1 aromatic heterocycles. The van der Waals surface area contributed by atoms with E-state index in [0.29, 0.717) is 5.75 Å². The minimum Gasteiger partial charge on any atom is -0.508 e. The second kappa shape index (κ2) is 6.22. The van der Waals surface area contributed by atoms with Gasteiger partial charge in [-0.05, 0) is 40.6 Å². The minimum atomic E-state index is 0.214. The third kappa shape index (κ3) is 3.08. The van der Waals surface area contributed by atoms with E-state index in [4.69, 9.17) is 10.7 Å². The average molecular weight is 346 g/mol. The van der Waals surface area contributed by atoms with Gasteiger partial charge in [-0.15, -0.1) is 11.3 Å². The zero-order valence-corrected chi connectivity index (χ0v) is 14.6. The monoisotopic (exact) mass is 346 g/mol. The highest BCUT2D eigenvalue weighted by Crippen LogP contribution is 2.32. The summed E-state index contributed by atoms with van der Waals surface area (Å²) >= 11 is 1.68. The Morgan fingerprint density at radius 1 is 0.960 bits per heavy atom. The molecule has 0 aliphatic carbocycles. The topological polar surface area (TPSA) is 59.1 Å². The molecule has 3 nitrogen and oxygen atoms in total. The Balaban J connectivity index is 1.65. The quantitative estimate of drug-likeness (QED) is 0.488. The van der Waals surface area contributed by atoms with Gasteiger partial charge in [-0.1, -0.05) is 43.3 Å². The molecule has 1 heterocycles. The molecule has 0 saturated carbocycles. The number of aromatic nitrogens is 1. The molecule has 4 rings (SSSR count). The highest BCUT2D eigenvalue weighted by Gasteiger charge is 2.14. The van der Waals surface area contributed by atoms with E-state index in [0.717, 1.165) is 32.7 Å². The lowest BCUT2D eigenvalue weighted by Gasteiger charge is -2.10. The summed E-state index contributed by atoms with van der Waals surface area (Å²) in [5, 5.41) is 14.9. The number of anilines is 1. The van der Waals surface area contributed by atoms with E-state index in [1.807, 2.05) is 30.3 Å². The van der Waals surface area contributed by atoms with Gasteiger partial charge in [0, 0.05) is 22.5 Å². The van der Waals surface area contributed by atoms with Gasteiger partial charge < -0.3 is 10.8 Å². The Kier molecular flexibility index (Phi) is 3.90. The van der Waals surface area contributed by atoms with Crippen LogP contribution in [0.4, 0.5) is 5.69 Å². The summed E-state index contributed by atoms with van der Waals surface area (Å²) in [5.74, 6) is 0.507. The van der Waals surface area contributed by atoms with Gasteiger partial charge in [0.1, 0.15) is 10.8 Å². The molecule has 124 valence electrons. The number of nitrogens with two attached hydrogens (primary N) is 1. The third-order valence-corrected chi connectivity index (χ3v) is 5.47. The number of rotatable bonds is 3. The first-order valence-electron chi connectivity index (χ1n) is 8.14. The van der Waals surface area contributed by atoms with E-state index in [1.54, 1.807) is 23.5 Å². The van der Waals surface area contributed by atoms with Crippen LogP contribution in [0.3, 0.4) is 0 Å². The molecule has 0 aliphatic heterocycles. The molecule has 0 radical (unpaired) electrons. The van der Waals surface area contributed by atoms with Crippen molar-refractivity contribution in [3.8, 4) is 17.0 Å². The molecule has 0 aliphatic rings. The van der Waals surface area contributed by atoms with Crippen LogP contribution in [0, 0.1) is 0 Å². The maximum absolute atomic E-state index is 9.60. The van der Waals surface area contributed by atoms with Crippen LogP contribution in [-0.2, 0) is 0 Å². The van der Waals surface area contributed by atoms with Crippen molar-refractivity contribution in [1.82, 2.24) is 4.98 Å². The number of nitrogens with zero attached hydrogens (tertiary/aromatic N) is 1. The fourth-order valence-electron chi connectivity index (χ4n) is 2.94. The van der Waals surface area contributed by atoms with Crippen LogP contribution in [0.25, 0.3) is 22.0 Å². The SMILES string of the molecule is CC(c1ccc2cc(O)ccc2c1)c1nc(-c2ccc(N)cc2)cs1. The van der Waals surface area contributed by atoms with E-state index >= 15 is 0 Å². The molecule has 25 heavy (non-hydrogen) atoms. The predicted octanol–water partition coefficient (Wildman–Crippen LogP) is 5.40. The fraction of sp³-hybridized carbons (Fsp3) is 0.0952. The molecule has 1 atom stereocenters. The first kappa shape index (κ1) is 15.7. The highest BCUT2D eigenvalue weighted by atomic mass is 32.1. The Morgan fingerprint density at radius 3 is 2.48 bits per heavy atom. The minimum absolute atomic E-state index is 0.214. The Morgan fingerprint density at radius 2 is 1.68 bits per heavy atom. The summed E-state index contributed by atoms with van der Waals surface area (Å²) in [6.07, 6.45) is 0. The largest absolute Gasteiger partial charge is 0.508 e. The van der Waals surface area contributed by atoms with Crippen LogP contribution in [0.15, 0.2) is 66.0 Å². The third-order valence-electron chi connectivity index (χ3n) is 4.45. The van der Waals surface area contributed by atoms with Crippen LogP contribution < -0.4 is 5.73 Å². The van der Waals surface area contributed by atoms with Crippen molar-refractivity contribution >= 4 is 27.8 Å². The zero-order chi connectivity index (χ0) is 17.4. The predicted molar refractivity (Wildman–Crippen MR) is 105 cm³/mol. The Labute approximate surface area is 150 Å². The van der Waals surface area contributed by atoms with E-state index in [2.05, 4.69) is 30.5 Å². The van der Waals surface area contributed by atoms with Gasteiger partial charge in [-0.25, -0.2) is 4.98 Å². The maximum Gasteiger partial charge on any atom is 0.116 e. The summed E-state index contributed by atoms with van der Waals surface area (Å²) in [6, 6.07) is 19.6. The number of thiazole rings is 1. The van der Waals surface area contributed by atoms with Crippen LogP contribution >= 0.6 is 11.3 Å². The van der Waals surface area contributed by atoms with Crippen molar-refractivity contribution in [2.24, 2.45) is 0 Å². The van der Waals surface area contributed by atoms with Crippen LogP contribution in [0.1, 0.15) is 23.4 Å². The first-order valence-corrected chi connectivity index (χ1v) is 9.02. The number of phenols is 1. The van der Waals surface area contributed by atoms with Crippen molar-refractivity contribution in [3.05, 3.63) is 76.6 Å². The van der Waals surface area contributed by atoms with Gasteiger partial charge in [-0.3, -0.25) is 0 Å². The van der Waals surface area contributed by atoms with Gasteiger partial charge in [0.25, 0.3) is 0 Å². The second-order valence-electron chi connectivity index (χ2n) is 6.21. The standard InChI is InChI=1S/C21H18N2OS/c1-13(15-2-3-17-11-19(24)9-6-16(17)10-15)21-23-20(12-25-21)14-4-7-18(22)8-5-14/h2-13,24H,22H2,1H3. The first-order chi connectivity index (χ1) is 12.1. The molecule has 0 fully saturated rings. The molecule has 0 saturated heterocycles. The molecule has 3 N–H and O–H groups in total. The molecule has 3 aromatic carbocycles. The van der Waals surface area contributed by atoms with E-state index in [1.165, 1.54) is 5.56 Å². The molecule has 1 unspecified atom stereocenters. The Bertz CT molecular complexity index is 1040. The summed E-state index contributed by atoms with van der Waals surface area (Å²) in [7, 11) is 0. The van der Waals surface area contributed by atoms with Gasteiger partial charge in [0.05, 0.1) is 5.69 Å². The smallest absolute Gasteiger partial charge is 0.116 e.